The Kier molecular flexibility index (Phi) is 5.23. The third-order valence-electron chi connectivity index (χ3n) is 4.46. The molecule has 0 fully saturated rings. The molecule has 1 heterocycles. The van der Waals surface area contributed by atoms with Crippen molar-refractivity contribution in [3.8, 4) is 16.9 Å². The number of ether oxygens (including phenoxy) is 1. The molecule has 0 atom stereocenters. The van der Waals surface area contributed by atoms with Gasteiger partial charge in [0.1, 0.15) is 5.75 Å². The number of rotatable bonds is 4. The zero-order valence-corrected chi connectivity index (χ0v) is 15.2. The van der Waals surface area contributed by atoms with Crippen LogP contribution in [-0.4, -0.2) is 24.6 Å². The number of nitrogens with zero attached hydrogens (tertiary/aromatic N) is 3. The molecule has 0 N–H and O–H groups in total. The van der Waals surface area contributed by atoms with Crippen molar-refractivity contribution in [3.05, 3.63) is 77.6 Å². The zero-order chi connectivity index (χ0) is 18.5. The molecule has 0 saturated carbocycles. The third-order valence-corrected chi connectivity index (χ3v) is 4.46. The van der Waals surface area contributed by atoms with Crippen molar-refractivity contribution >= 4 is 18.2 Å². The van der Waals surface area contributed by atoms with E-state index in [0.29, 0.717) is 5.84 Å². The lowest BCUT2D eigenvalue weighted by Crippen LogP contribution is -1.97. The molecular weight excluding hydrogens is 322 g/mol. The molecule has 130 valence electrons. The van der Waals surface area contributed by atoms with Crippen LogP contribution in [-0.2, 0) is 0 Å². The number of pyridine rings is 1. The maximum absolute atomic E-state index is 5.24. The molecule has 0 aliphatic rings. The van der Waals surface area contributed by atoms with Crippen molar-refractivity contribution < 1.29 is 4.74 Å². The molecule has 2 aromatic carbocycles. The summed E-state index contributed by atoms with van der Waals surface area (Å²) in [7, 11) is 1.67. The van der Waals surface area contributed by atoms with Gasteiger partial charge in [0.15, 0.2) is 5.84 Å². The van der Waals surface area contributed by atoms with Gasteiger partial charge in [-0.15, -0.1) is 0 Å². The van der Waals surface area contributed by atoms with Crippen LogP contribution < -0.4 is 4.74 Å². The van der Waals surface area contributed by atoms with E-state index in [-0.39, 0.29) is 0 Å². The number of hydrogen-bond acceptors (Lipinski definition) is 3. The van der Waals surface area contributed by atoms with Crippen molar-refractivity contribution in [1.82, 2.24) is 4.98 Å². The van der Waals surface area contributed by atoms with E-state index < -0.39 is 0 Å². The van der Waals surface area contributed by atoms with Crippen LogP contribution in [0.4, 0.5) is 5.69 Å². The van der Waals surface area contributed by atoms with Gasteiger partial charge in [-0.1, -0.05) is 18.2 Å². The van der Waals surface area contributed by atoms with Crippen LogP contribution in [0.3, 0.4) is 0 Å². The number of aromatic nitrogens is 1. The predicted octanol–water partition coefficient (Wildman–Crippen LogP) is 5.15. The molecule has 3 aromatic rings. The summed E-state index contributed by atoms with van der Waals surface area (Å²) < 4.78 is 5.24. The predicted molar refractivity (Wildman–Crippen MR) is 108 cm³/mol. The summed E-state index contributed by atoms with van der Waals surface area (Å²) in [4.78, 5) is 12.9. The number of hydrogen-bond donors (Lipinski definition) is 0. The molecule has 0 unspecified atom stereocenters. The standard InChI is InChI=1S/C22H21N3O/c1-15-16(2)21(25-22(23-3)18-6-5-13-24-14-18)12-11-20(15)17-7-9-19(26-4)10-8-17/h5-14H,3H2,1-2,4H3. The van der Waals surface area contributed by atoms with Crippen LogP contribution >= 0.6 is 0 Å². The minimum Gasteiger partial charge on any atom is -0.497 e. The van der Waals surface area contributed by atoms with Gasteiger partial charge in [0.05, 0.1) is 12.8 Å². The summed E-state index contributed by atoms with van der Waals surface area (Å²) in [6, 6.07) is 16.0. The second kappa shape index (κ2) is 7.74. The molecule has 0 spiro atoms. The van der Waals surface area contributed by atoms with E-state index in [9.17, 15) is 0 Å². The summed E-state index contributed by atoms with van der Waals surface area (Å²) in [5.74, 6) is 1.42. The fourth-order valence-corrected chi connectivity index (χ4v) is 2.81. The minimum atomic E-state index is 0.567. The Morgan fingerprint density at radius 3 is 2.38 bits per heavy atom. The quantitative estimate of drug-likeness (QED) is 0.485. The molecule has 4 heteroatoms. The molecule has 0 aliphatic heterocycles. The molecule has 26 heavy (non-hydrogen) atoms. The summed E-state index contributed by atoms with van der Waals surface area (Å²) >= 11 is 0. The van der Waals surface area contributed by atoms with E-state index >= 15 is 0 Å². The third kappa shape index (κ3) is 3.54. The fourth-order valence-electron chi connectivity index (χ4n) is 2.81. The molecule has 0 aliphatic carbocycles. The van der Waals surface area contributed by atoms with Crippen LogP contribution in [0.5, 0.6) is 5.75 Å². The molecule has 0 saturated heterocycles. The average Bonchev–Trinajstić information content (AvgIpc) is 2.70. The van der Waals surface area contributed by atoms with Crippen molar-refractivity contribution in [2.24, 2.45) is 9.98 Å². The normalized spacial score (nSPS) is 11.3. The summed E-state index contributed by atoms with van der Waals surface area (Å²) in [5.41, 5.74) is 6.36. The Morgan fingerprint density at radius 2 is 1.77 bits per heavy atom. The van der Waals surface area contributed by atoms with E-state index in [1.165, 1.54) is 11.1 Å². The highest BCUT2D eigenvalue weighted by Gasteiger charge is 2.10. The highest BCUT2D eigenvalue weighted by molar-refractivity contribution is 6.02. The lowest BCUT2D eigenvalue weighted by atomic mass is 9.96. The monoisotopic (exact) mass is 343 g/mol. The Labute approximate surface area is 153 Å². The second-order valence-corrected chi connectivity index (χ2v) is 5.95. The van der Waals surface area contributed by atoms with Crippen LogP contribution in [0.25, 0.3) is 11.1 Å². The first-order valence-corrected chi connectivity index (χ1v) is 8.34. The van der Waals surface area contributed by atoms with Crippen molar-refractivity contribution in [1.29, 1.82) is 0 Å². The van der Waals surface area contributed by atoms with Gasteiger partial charge in [0.2, 0.25) is 0 Å². The average molecular weight is 343 g/mol. The van der Waals surface area contributed by atoms with Gasteiger partial charge in [0, 0.05) is 18.0 Å². The molecule has 0 amide bonds. The van der Waals surface area contributed by atoms with Gasteiger partial charge in [0.25, 0.3) is 0 Å². The molecule has 0 radical (unpaired) electrons. The number of amidine groups is 1. The SMILES string of the molecule is C=NC(=Nc1ccc(-c2ccc(OC)cc2)c(C)c1C)c1cccnc1. The van der Waals surface area contributed by atoms with Gasteiger partial charge < -0.3 is 4.74 Å². The lowest BCUT2D eigenvalue weighted by molar-refractivity contribution is 0.415. The second-order valence-electron chi connectivity index (χ2n) is 5.95. The maximum atomic E-state index is 5.24. The van der Waals surface area contributed by atoms with Gasteiger partial charge in [-0.05, 0) is 73.2 Å². The summed E-state index contributed by atoms with van der Waals surface area (Å²) in [6.45, 7) is 7.83. The van der Waals surface area contributed by atoms with Gasteiger partial charge in [-0.3, -0.25) is 4.98 Å². The Morgan fingerprint density at radius 1 is 1.00 bits per heavy atom. The molecule has 3 rings (SSSR count). The summed E-state index contributed by atoms with van der Waals surface area (Å²) in [6.07, 6.45) is 3.46. The number of methoxy groups -OCH3 is 1. The molecule has 0 bridgehead atoms. The van der Waals surface area contributed by atoms with Gasteiger partial charge in [-0.25, -0.2) is 9.98 Å². The Hall–Kier alpha value is -3.27. The van der Waals surface area contributed by atoms with Crippen LogP contribution in [0.15, 0.2) is 70.9 Å². The van der Waals surface area contributed by atoms with Gasteiger partial charge in [-0.2, -0.15) is 0 Å². The van der Waals surface area contributed by atoms with Crippen molar-refractivity contribution in [2.45, 2.75) is 13.8 Å². The summed E-state index contributed by atoms with van der Waals surface area (Å²) in [5, 5.41) is 0. The number of aliphatic imine (C=N–C) groups is 2. The Balaban J connectivity index is 2.01. The van der Waals surface area contributed by atoms with Crippen LogP contribution in [0, 0.1) is 13.8 Å². The molecule has 4 nitrogen and oxygen atoms in total. The Bertz CT molecular complexity index is 945. The van der Waals surface area contributed by atoms with Crippen LogP contribution in [0.1, 0.15) is 16.7 Å². The first kappa shape index (κ1) is 17.5. The van der Waals surface area contributed by atoms with Crippen molar-refractivity contribution in [3.63, 3.8) is 0 Å². The van der Waals surface area contributed by atoms with E-state index in [2.05, 4.69) is 48.7 Å². The van der Waals surface area contributed by atoms with E-state index in [1.807, 2.05) is 30.3 Å². The molecule has 1 aromatic heterocycles. The number of benzene rings is 2. The zero-order valence-electron chi connectivity index (χ0n) is 15.2. The first-order valence-electron chi connectivity index (χ1n) is 8.34. The van der Waals surface area contributed by atoms with Crippen molar-refractivity contribution in [2.75, 3.05) is 7.11 Å². The first-order chi connectivity index (χ1) is 12.6. The van der Waals surface area contributed by atoms with E-state index in [1.54, 1.807) is 19.5 Å². The van der Waals surface area contributed by atoms with E-state index in [0.717, 1.165) is 28.1 Å². The fraction of sp³-hybridized carbons (Fsp3) is 0.136. The molecular formula is C22H21N3O. The highest BCUT2D eigenvalue weighted by Crippen LogP contribution is 2.32. The topological polar surface area (TPSA) is 46.8 Å². The lowest BCUT2D eigenvalue weighted by Gasteiger charge is -2.12. The maximum Gasteiger partial charge on any atom is 0.160 e. The minimum absolute atomic E-state index is 0.567. The van der Waals surface area contributed by atoms with Gasteiger partial charge >= 0.3 is 0 Å². The van der Waals surface area contributed by atoms with Crippen LogP contribution in [0.2, 0.25) is 0 Å². The highest BCUT2D eigenvalue weighted by atomic mass is 16.5. The smallest absolute Gasteiger partial charge is 0.160 e. The van der Waals surface area contributed by atoms with E-state index in [4.69, 9.17) is 9.73 Å². The largest absolute Gasteiger partial charge is 0.497 e.